The normalized spacial score (nSPS) is 12.0. The molecule has 0 atom stereocenters. The molecule has 3 aromatic heterocycles. The van der Waals surface area contributed by atoms with Crippen molar-refractivity contribution in [2.75, 3.05) is 0 Å². The summed E-state index contributed by atoms with van der Waals surface area (Å²) in [6, 6.07) is 102. The molecule has 0 aliphatic carbocycles. The third kappa shape index (κ3) is 5.87. The fourth-order valence-electron chi connectivity index (χ4n) is 12.0. The molecule has 14 rings (SSSR count). The molecule has 0 fully saturated rings. The van der Waals surface area contributed by atoms with Gasteiger partial charge in [-0.2, -0.15) is 0 Å². The molecule has 0 bridgehead atoms. The van der Waals surface area contributed by atoms with E-state index in [4.69, 9.17) is 0 Å². The number of rotatable bonds is 8. The van der Waals surface area contributed by atoms with Crippen LogP contribution in [0.1, 0.15) is 0 Å². The van der Waals surface area contributed by atoms with E-state index in [2.05, 4.69) is 287 Å². The molecule has 11 aromatic carbocycles. The van der Waals surface area contributed by atoms with Crippen LogP contribution in [0.5, 0.6) is 0 Å². The number of nitrogens with zero attached hydrogens (tertiary/aromatic N) is 3. The van der Waals surface area contributed by atoms with Gasteiger partial charge in [0.2, 0.25) is 0 Å². The van der Waals surface area contributed by atoms with E-state index in [1.807, 2.05) is 0 Å². The van der Waals surface area contributed by atoms with Gasteiger partial charge in [0.15, 0.2) is 8.07 Å². The van der Waals surface area contributed by atoms with Crippen molar-refractivity contribution in [3.8, 4) is 28.2 Å². The Morgan fingerprint density at radius 3 is 1.24 bits per heavy atom. The van der Waals surface area contributed by atoms with Crippen LogP contribution in [0.15, 0.2) is 273 Å². The molecule has 0 aliphatic heterocycles. The van der Waals surface area contributed by atoms with E-state index in [-0.39, 0.29) is 0 Å². The lowest BCUT2D eigenvalue weighted by Gasteiger charge is -2.35. The Morgan fingerprint density at radius 1 is 0.257 bits per heavy atom. The highest BCUT2D eigenvalue weighted by Gasteiger charge is 2.43. The van der Waals surface area contributed by atoms with Crippen LogP contribution in [-0.4, -0.2) is 21.8 Å². The summed E-state index contributed by atoms with van der Waals surface area (Å²) in [6.45, 7) is 0. The SMILES string of the molecule is c1ccc(-c2cccc(-n3c4ccccc4c4c(-n5c6cccc(-n7c8ccccc8c8ccccc87)c6c6cccc([Si](c7ccccc7)(c7ccccc7)c7ccccc7)c65)cccc43)c2)cc1. The average Bonchev–Trinajstić information content (AvgIpc) is 4.09. The Hall–Kier alpha value is -8.96. The first-order valence-corrected chi connectivity index (χ1v) is 26.2. The van der Waals surface area contributed by atoms with Crippen LogP contribution in [0.3, 0.4) is 0 Å². The molecular weight excluding hydrogens is 863 g/mol. The van der Waals surface area contributed by atoms with Gasteiger partial charge in [-0.25, -0.2) is 0 Å². The van der Waals surface area contributed by atoms with Crippen molar-refractivity contribution < 1.29 is 0 Å². The third-order valence-corrected chi connectivity index (χ3v) is 19.6. The van der Waals surface area contributed by atoms with Gasteiger partial charge in [0.1, 0.15) is 0 Å². The lowest BCUT2D eigenvalue weighted by Crippen LogP contribution is -2.75. The Morgan fingerprint density at radius 2 is 0.657 bits per heavy atom. The zero-order chi connectivity index (χ0) is 46.2. The second-order valence-electron chi connectivity index (χ2n) is 18.4. The summed E-state index contributed by atoms with van der Waals surface area (Å²) in [6.07, 6.45) is 0. The summed E-state index contributed by atoms with van der Waals surface area (Å²) < 4.78 is 7.62. The van der Waals surface area contributed by atoms with Crippen molar-refractivity contribution >= 4 is 94.2 Å². The van der Waals surface area contributed by atoms with Crippen LogP contribution in [0.4, 0.5) is 0 Å². The van der Waals surface area contributed by atoms with Crippen molar-refractivity contribution in [1.82, 2.24) is 13.7 Å². The molecule has 0 unspecified atom stereocenters. The smallest absolute Gasteiger partial charge is 0.181 e. The second-order valence-corrected chi connectivity index (χ2v) is 22.1. The lowest BCUT2D eigenvalue weighted by molar-refractivity contribution is 1.17. The van der Waals surface area contributed by atoms with Crippen molar-refractivity contribution in [1.29, 1.82) is 0 Å². The minimum absolute atomic E-state index is 1.13. The molecule has 0 aliphatic rings. The third-order valence-electron chi connectivity index (χ3n) is 14.8. The first-order valence-electron chi connectivity index (χ1n) is 24.2. The standard InChI is InChI=1S/C66H45N3Si/c1-5-23-46(24-6-1)47-25-19-26-48(45-47)67-58-39-18-15-35-54(58)64-59(67)40-21-42-61(64)69-62-43-22-41-60(68-56-37-16-13-33-52(56)53-34-14-17-38-57(53)68)65(62)55-36-20-44-63(66(55)69)70(49-27-7-2-8-28-49,50-29-9-3-10-30-50)51-31-11-4-12-32-51/h1-45H. The fraction of sp³-hybridized carbons (Fsp3) is 0. The second kappa shape index (κ2) is 16.1. The summed E-state index contributed by atoms with van der Waals surface area (Å²) in [5.41, 5.74) is 12.9. The number of hydrogen-bond acceptors (Lipinski definition) is 0. The molecular formula is C66H45N3Si. The Balaban J connectivity index is 1.18. The van der Waals surface area contributed by atoms with E-state index in [0.717, 1.165) is 28.1 Å². The molecule has 0 saturated heterocycles. The number of hydrogen-bond donors (Lipinski definition) is 0. The van der Waals surface area contributed by atoms with Gasteiger partial charge in [-0.05, 0) is 86.5 Å². The van der Waals surface area contributed by atoms with E-state index in [9.17, 15) is 0 Å². The minimum atomic E-state index is -3.10. The number of benzene rings is 11. The number of para-hydroxylation sites is 4. The van der Waals surface area contributed by atoms with Gasteiger partial charge in [0.05, 0.1) is 44.5 Å². The van der Waals surface area contributed by atoms with E-state index in [0.29, 0.717) is 0 Å². The Bertz CT molecular complexity index is 4130. The first-order chi connectivity index (χ1) is 34.8. The Labute approximate surface area is 407 Å². The van der Waals surface area contributed by atoms with Crippen LogP contribution in [0, 0.1) is 0 Å². The molecule has 328 valence electrons. The van der Waals surface area contributed by atoms with E-state index in [1.54, 1.807) is 0 Å². The topological polar surface area (TPSA) is 14.8 Å². The Kier molecular flexibility index (Phi) is 9.23. The number of aromatic nitrogens is 3. The number of fused-ring (bicyclic) bond motifs is 9. The molecule has 0 radical (unpaired) electrons. The van der Waals surface area contributed by atoms with Crippen molar-refractivity contribution in [2.45, 2.75) is 0 Å². The molecule has 0 spiro atoms. The summed E-state index contributed by atoms with van der Waals surface area (Å²) in [4.78, 5) is 0. The van der Waals surface area contributed by atoms with Crippen molar-refractivity contribution in [3.05, 3.63) is 273 Å². The maximum absolute atomic E-state index is 3.10. The van der Waals surface area contributed by atoms with E-state index >= 15 is 0 Å². The van der Waals surface area contributed by atoms with E-state index < -0.39 is 8.07 Å². The molecule has 4 heteroatoms. The van der Waals surface area contributed by atoms with Crippen LogP contribution >= 0.6 is 0 Å². The fourth-order valence-corrected chi connectivity index (χ4v) is 16.9. The summed E-state index contributed by atoms with van der Waals surface area (Å²) in [5.74, 6) is 0. The molecule has 0 N–H and O–H groups in total. The van der Waals surface area contributed by atoms with Gasteiger partial charge in [-0.1, -0.05) is 218 Å². The molecule has 0 saturated carbocycles. The highest BCUT2D eigenvalue weighted by atomic mass is 28.3. The average molecular weight is 908 g/mol. The predicted molar refractivity (Wildman–Crippen MR) is 299 cm³/mol. The molecule has 3 heterocycles. The molecule has 70 heavy (non-hydrogen) atoms. The van der Waals surface area contributed by atoms with Crippen LogP contribution in [0.2, 0.25) is 0 Å². The van der Waals surface area contributed by atoms with E-state index in [1.165, 1.54) is 86.3 Å². The quantitative estimate of drug-likeness (QED) is 0.107. The van der Waals surface area contributed by atoms with Crippen LogP contribution in [-0.2, 0) is 0 Å². The van der Waals surface area contributed by atoms with Crippen molar-refractivity contribution in [3.63, 3.8) is 0 Å². The van der Waals surface area contributed by atoms with Crippen LogP contribution < -0.4 is 20.7 Å². The summed E-state index contributed by atoms with van der Waals surface area (Å²) in [5, 5.41) is 12.7. The monoisotopic (exact) mass is 907 g/mol. The van der Waals surface area contributed by atoms with Gasteiger partial charge in [0, 0.05) is 38.0 Å². The van der Waals surface area contributed by atoms with Gasteiger partial charge in [-0.15, -0.1) is 0 Å². The zero-order valence-electron chi connectivity index (χ0n) is 38.3. The highest BCUT2D eigenvalue weighted by molar-refractivity contribution is 7.20. The largest absolute Gasteiger partial charge is 0.309 e. The molecule has 14 aromatic rings. The van der Waals surface area contributed by atoms with Crippen molar-refractivity contribution in [2.24, 2.45) is 0 Å². The van der Waals surface area contributed by atoms with Gasteiger partial charge < -0.3 is 13.7 Å². The van der Waals surface area contributed by atoms with Gasteiger partial charge in [0.25, 0.3) is 0 Å². The highest BCUT2D eigenvalue weighted by Crippen LogP contribution is 2.43. The maximum Gasteiger partial charge on any atom is 0.181 e. The van der Waals surface area contributed by atoms with Gasteiger partial charge in [-0.3, -0.25) is 0 Å². The zero-order valence-corrected chi connectivity index (χ0v) is 39.3. The molecule has 0 amide bonds. The lowest BCUT2D eigenvalue weighted by atomic mass is 10.1. The summed E-state index contributed by atoms with van der Waals surface area (Å²) >= 11 is 0. The molecule has 3 nitrogen and oxygen atoms in total. The maximum atomic E-state index is 2.65. The minimum Gasteiger partial charge on any atom is -0.309 e. The first kappa shape index (κ1) is 40.1. The summed E-state index contributed by atoms with van der Waals surface area (Å²) in [7, 11) is -3.10. The van der Waals surface area contributed by atoms with Gasteiger partial charge >= 0.3 is 0 Å². The van der Waals surface area contributed by atoms with Crippen LogP contribution in [0.25, 0.3) is 93.6 Å². The predicted octanol–water partition coefficient (Wildman–Crippen LogP) is 14.0.